The molecule has 170 valence electrons. The van der Waals surface area contributed by atoms with Crippen molar-refractivity contribution in [2.45, 2.75) is 36.6 Å². The van der Waals surface area contributed by atoms with E-state index in [4.69, 9.17) is 0 Å². The van der Waals surface area contributed by atoms with Crippen molar-refractivity contribution in [1.29, 1.82) is 0 Å². The van der Waals surface area contributed by atoms with Crippen LogP contribution in [0.5, 0.6) is 0 Å². The van der Waals surface area contributed by atoms with E-state index >= 15 is 0 Å². The predicted octanol–water partition coefficient (Wildman–Crippen LogP) is 2.33. The summed E-state index contributed by atoms with van der Waals surface area (Å²) in [4.78, 5) is 16.7. The first kappa shape index (κ1) is 23.2. The lowest BCUT2D eigenvalue weighted by atomic mass is 10.2. The molecule has 1 saturated carbocycles. The number of aliphatic imine (C=N–C) groups is 1. The Morgan fingerprint density at radius 1 is 1.35 bits per heavy atom. The quantitative estimate of drug-likeness (QED) is 0.305. The van der Waals surface area contributed by atoms with Crippen molar-refractivity contribution in [1.82, 2.24) is 14.5 Å². The van der Waals surface area contributed by atoms with E-state index in [1.54, 1.807) is 0 Å². The number of sulfonamides is 1. The number of rotatable bonds is 6. The number of alkyl halides is 3. The van der Waals surface area contributed by atoms with Crippen molar-refractivity contribution in [3.63, 3.8) is 0 Å². The van der Waals surface area contributed by atoms with Gasteiger partial charge in [0, 0.05) is 19.8 Å². The van der Waals surface area contributed by atoms with Gasteiger partial charge in [-0.15, -0.1) is 0 Å². The van der Waals surface area contributed by atoms with Crippen LogP contribution in [0.1, 0.15) is 13.3 Å². The number of nitrogens with one attached hydrogen (secondary N) is 1. The largest absolute Gasteiger partial charge is 0.449 e. The Hall–Kier alpha value is -2.47. The summed E-state index contributed by atoms with van der Waals surface area (Å²) in [7, 11) is -2.97. The van der Waals surface area contributed by atoms with E-state index < -0.39 is 46.0 Å². The lowest BCUT2D eigenvalue weighted by molar-refractivity contribution is -0.126. The Morgan fingerprint density at radius 3 is 2.52 bits per heavy atom. The van der Waals surface area contributed by atoms with Gasteiger partial charge in [0.15, 0.2) is 0 Å². The fourth-order valence-corrected chi connectivity index (χ4v) is 5.45. The number of benzene rings is 1. The topological polar surface area (TPSA) is 82.1 Å². The Bertz CT molecular complexity index is 994. The standard InChI is InChI=1S/C19H22F4N4O3S/c1-4-24-18(19(21,22)23)26(3)11(2)25-17(28)16-15-9-12(15)10-27(16)31(29,30)14-7-5-13(20)6-8-14/h4-8,11-12,15-16H,1,9-10H2,2-3H3,(H,25,28)/b24-18-. The highest BCUT2D eigenvalue weighted by atomic mass is 32.2. The molecular weight excluding hydrogens is 440 g/mol. The monoisotopic (exact) mass is 462 g/mol. The molecule has 2 aliphatic rings. The van der Waals surface area contributed by atoms with E-state index in [0.29, 0.717) is 6.42 Å². The molecule has 1 aliphatic heterocycles. The third-order valence-electron chi connectivity index (χ3n) is 5.53. The maximum Gasteiger partial charge on any atom is 0.449 e. The number of amidine groups is 1. The van der Waals surface area contributed by atoms with Crippen molar-refractivity contribution in [2.24, 2.45) is 16.8 Å². The second-order valence-corrected chi connectivity index (χ2v) is 9.45. The zero-order valence-electron chi connectivity index (χ0n) is 16.8. The second-order valence-electron chi connectivity index (χ2n) is 7.56. The van der Waals surface area contributed by atoms with Crippen molar-refractivity contribution < 1.29 is 30.8 Å². The Morgan fingerprint density at radius 2 is 1.97 bits per heavy atom. The molecule has 7 nitrogen and oxygen atoms in total. The normalized spacial score (nSPS) is 25.0. The van der Waals surface area contributed by atoms with E-state index in [0.717, 1.165) is 46.7 Å². The van der Waals surface area contributed by atoms with Crippen LogP contribution in [0.15, 0.2) is 46.9 Å². The van der Waals surface area contributed by atoms with Crippen LogP contribution in [0.25, 0.3) is 0 Å². The zero-order valence-corrected chi connectivity index (χ0v) is 17.6. The van der Waals surface area contributed by atoms with Crippen molar-refractivity contribution in [2.75, 3.05) is 13.6 Å². The van der Waals surface area contributed by atoms with Crippen molar-refractivity contribution in [3.8, 4) is 0 Å². The van der Waals surface area contributed by atoms with Crippen LogP contribution >= 0.6 is 0 Å². The highest BCUT2D eigenvalue weighted by molar-refractivity contribution is 7.89. The number of piperidine rings is 1. The number of amides is 1. The molecule has 1 N–H and O–H groups in total. The van der Waals surface area contributed by atoms with Gasteiger partial charge in [0.25, 0.3) is 0 Å². The number of hydrogen-bond donors (Lipinski definition) is 1. The minimum Gasteiger partial charge on any atom is -0.336 e. The van der Waals surface area contributed by atoms with Crippen LogP contribution in [0.2, 0.25) is 0 Å². The molecule has 31 heavy (non-hydrogen) atoms. The zero-order chi connectivity index (χ0) is 23.1. The lowest BCUT2D eigenvalue weighted by Gasteiger charge is -2.32. The summed E-state index contributed by atoms with van der Waals surface area (Å²) in [6.07, 6.45) is -4.49. The molecule has 0 bridgehead atoms. The van der Waals surface area contributed by atoms with Gasteiger partial charge >= 0.3 is 6.18 Å². The van der Waals surface area contributed by atoms with E-state index in [2.05, 4.69) is 16.9 Å². The second kappa shape index (κ2) is 8.23. The van der Waals surface area contributed by atoms with Crippen LogP contribution in [-0.4, -0.2) is 61.3 Å². The summed E-state index contributed by atoms with van der Waals surface area (Å²) in [5, 5.41) is 2.46. The third-order valence-corrected chi connectivity index (χ3v) is 7.39. The highest BCUT2D eigenvalue weighted by Crippen LogP contribution is 2.51. The highest BCUT2D eigenvalue weighted by Gasteiger charge is 2.59. The number of hydrogen-bond acceptors (Lipinski definition) is 4. The molecule has 1 saturated heterocycles. The van der Waals surface area contributed by atoms with Crippen LogP contribution in [0.4, 0.5) is 17.6 Å². The van der Waals surface area contributed by atoms with Crippen LogP contribution in [-0.2, 0) is 14.8 Å². The van der Waals surface area contributed by atoms with Gasteiger partial charge < -0.3 is 10.2 Å². The molecule has 1 amide bonds. The van der Waals surface area contributed by atoms with Gasteiger partial charge in [0.2, 0.25) is 21.8 Å². The number of halogens is 4. The summed E-state index contributed by atoms with van der Waals surface area (Å²) in [5.41, 5.74) is 0. The maximum atomic E-state index is 13.2. The Labute approximate surface area is 177 Å². The van der Waals surface area contributed by atoms with Crippen molar-refractivity contribution in [3.05, 3.63) is 42.9 Å². The van der Waals surface area contributed by atoms with E-state index in [1.807, 2.05) is 0 Å². The molecule has 4 atom stereocenters. The Kier molecular flexibility index (Phi) is 6.16. The summed E-state index contributed by atoms with van der Waals surface area (Å²) in [6, 6.07) is 3.19. The number of carbonyl (C=O) groups excluding carboxylic acids is 1. The predicted molar refractivity (Wildman–Crippen MR) is 105 cm³/mol. The summed E-state index contributed by atoms with van der Waals surface area (Å²) in [6.45, 7) is 4.63. The molecule has 0 aromatic heterocycles. The first-order chi connectivity index (χ1) is 14.4. The maximum absolute atomic E-state index is 13.2. The molecule has 3 rings (SSSR count). The number of fused-ring (bicyclic) bond motifs is 1. The molecule has 4 unspecified atom stereocenters. The molecule has 2 fully saturated rings. The smallest absolute Gasteiger partial charge is 0.336 e. The summed E-state index contributed by atoms with van der Waals surface area (Å²) < 4.78 is 79.9. The summed E-state index contributed by atoms with van der Waals surface area (Å²) >= 11 is 0. The van der Waals surface area contributed by atoms with Crippen LogP contribution in [0, 0.1) is 17.7 Å². The van der Waals surface area contributed by atoms with Crippen molar-refractivity contribution >= 4 is 21.8 Å². The van der Waals surface area contributed by atoms with E-state index in [1.165, 1.54) is 6.92 Å². The molecule has 12 heteroatoms. The van der Waals surface area contributed by atoms with Gasteiger partial charge in [0.05, 0.1) is 11.1 Å². The van der Waals surface area contributed by atoms with Gasteiger partial charge in [-0.1, -0.05) is 6.58 Å². The molecular formula is C19H22F4N4O3S. The molecule has 0 radical (unpaired) electrons. The van der Waals surface area contributed by atoms with Gasteiger partial charge in [-0.05, 0) is 49.4 Å². The average molecular weight is 462 g/mol. The van der Waals surface area contributed by atoms with E-state index in [-0.39, 0.29) is 23.3 Å². The first-order valence-electron chi connectivity index (χ1n) is 9.44. The molecule has 1 heterocycles. The minimum atomic E-state index is -4.77. The molecule has 1 aliphatic carbocycles. The molecule has 0 spiro atoms. The van der Waals surface area contributed by atoms with Gasteiger partial charge in [-0.25, -0.2) is 17.8 Å². The molecule has 1 aromatic rings. The van der Waals surface area contributed by atoms with Gasteiger partial charge in [-0.2, -0.15) is 17.5 Å². The van der Waals surface area contributed by atoms with Gasteiger partial charge in [-0.3, -0.25) is 4.79 Å². The van der Waals surface area contributed by atoms with E-state index in [9.17, 15) is 30.8 Å². The Balaban J connectivity index is 1.79. The number of nitrogens with zero attached hydrogens (tertiary/aromatic N) is 3. The number of carbonyl (C=O) groups is 1. The molecule has 1 aromatic carbocycles. The lowest BCUT2D eigenvalue weighted by Crippen LogP contribution is -2.56. The SMILES string of the molecule is C=C/N=C(\N(C)C(C)NC(=O)C1C2CC2CN1S(=O)(=O)c1ccc(F)cc1)C(F)(F)F. The first-order valence-corrected chi connectivity index (χ1v) is 10.9. The fourth-order valence-electron chi connectivity index (χ4n) is 3.76. The van der Waals surface area contributed by atoms with Gasteiger partial charge in [0.1, 0.15) is 11.9 Å². The minimum absolute atomic E-state index is 0.00655. The van der Waals surface area contributed by atoms with Crippen LogP contribution in [0.3, 0.4) is 0 Å². The average Bonchev–Trinajstić information content (AvgIpc) is 3.34. The van der Waals surface area contributed by atoms with Crippen LogP contribution < -0.4 is 5.32 Å². The summed E-state index contributed by atoms with van der Waals surface area (Å²) in [5.74, 6) is -2.75. The third kappa shape index (κ3) is 4.59. The fraction of sp³-hybridized carbons (Fsp3) is 0.474.